The van der Waals surface area contributed by atoms with E-state index in [0.717, 1.165) is 6.04 Å². The highest BCUT2D eigenvalue weighted by atomic mass is 35.5. The van der Waals surface area contributed by atoms with Gasteiger partial charge in [0.1, 0.15) is 5.75 Å². The molecule has 25 heavy (non-hydrogen) atoms. The van der Waals surface area contributed by atoms with Gasteiger partial charge in [0.25, 0.3) is 0 Å². The Hall–Kier alpha value is -1.58. The predicted molar refractivity (Wildman–Crippen MR) is 106 cm³/mol. The third-order valence-corrected chi connectivity index (χ3v) is 5.95. The molecule has 0 aliphatic carbocycles. The van der Waals surface area contributed by atoms with Gasteiger partial charge in [-0.3, -0.25) is 4.98 Å². The van der Waals surface area contributed by atoms with E-state index < -0.39 is 8.07 Å². The van der Waals surface area contributed by atoms with Crippen LogP contribution in [0.3, 0.4) is 0 Å². The maximum Gasteiger partial charge on any atom is 0.212 e. The van der Waals surface area contributed by atoms with E-state index >= 15 is 0 Å². The first-order chi connectivity index (χ1) is 11.8. The first kappa shape index (κ1) is 19.7. The first-order valence-electron chi connectivity index (χ1n) is 7.83. The molecule has 0 radical (unpaired) electrons. The van der Waals surface area contributed by atoms with Gasteiger partial charge in [0, 0.05) is 38.7 Å². The smallest absolute Gasteiger partial charge is 0.212 e. The fourth-order valence-electron chi connectivity index (χ4n) is 2.10. The summed E-state index contributed by atoms with van der Waals surface area (Å²) in [5.74, 6) is 0.526. The summed E-state index contributed by atoms with van der Waals surface area (Å²) in [5.41, 5.74) is 1.81. The Morgan fingerprint density at radius 1 is 1.16 bits per heavy atom. The Balaban J connectivity index is 2.20. The van der Waals surface area contributed by atoms with Gasteiger partial charge in [0.05, 0.1) is 16.6 Å². The van der Waals surface area contributed by atoms with Crippen LogP contribution in [0, 0.1) is 6.57 Å². The van der Waals surface area contributed by atoms with Crippen LogP contribution in [0.2, 0.25) is 35.7 Å². The normalized spacial score (nSPS) is 11.2. The maximum atomic E-state index is 7.32. The first-order valence-corrected chi connectivity index (χ1v) is 12.3. The highest BCUT2D eigenvalue weighted by Gasteiger charge is 2.15. The monoisotopic (exact) mass is 394 g/mol. The van der Waals surface area contributed by atoms with Crippen molar-refractivity contribution in [3.8, 4) is 16.9 Å². The van der Waals surface area contributed by atoms with Crippen LogP contribution in [0.5, 0.6) is 5.75 Å². The second-order valence-electron chi connectivity index (χ2n) is 6.75. The number of aromatic nitrogens is 1. The Morgan fingerprint density at radius 3 is 2.56 bits per heavy atom. The Morgan fingerprint density at radius 2 is 1.88 bits per heavy atom. The molecular formula is C18H20Cl2N2O2Si. The van der Waals surface area contributed by atoms with Crippen LogP contribution in [0.4, 0.5) is 5.69 Å². The zero-order valence-electron chi connectivity index (χ0n) is 14.5. The fraction of sp³-hybridized carbons (Fsp3) is 0.333. The molecule has 0 saturated heterocycles. The van der Waals surface area contributed by atoms with Gasteiger partial charge in [-0.2, -0.15) is 0 Å². The van der Waals surface area contributed by atoms with Crippen LogP contribution in [0.15, 0.2) is 30.6 Å². The molecule has 0 atom stereocenters. The number of benzene rings is 1. The molecule has 1 aromatic heterocycles. The van der Waals surface area contributed by atoms with E-state index in [0.29, 0.717) is 39.2 Å². The number of hydrogen-bond acceptors (Lipinski definition) is 3. The zero-order chi connectivity index (χ0) is 18.4. The lowest BCUT2D eigenvalue weighted by molar-refractivity contribution is 0.0224. The number of hydrogen-bond donors (Lipinski definition) is 0. The number of pyridine rings is 1. The number of ether oxygens (including phenoxy) is 2. The third-order valence-electron chi connectivity index (χ3n) is 3.53. The highest BCUT2D eigenvalue weighted by Crippen LogP contribution is 2.40. The van der Waals surface area contributed by atoms with Gasteiger partial charge in [-0.25, -0.2) is 4.85 Å². The number of halogens is 2. The minimum Gasteiger partial charge on any atom is -0.467 e. The van der Waals surface area contributed by atoms with Crippen molar-refractivity contribution >= 4 is 37.0 Å². The van der Waals surface area contributed by atoms with E-state index in [1.54, 1.807) is 24.4 Å². The van der Waals surface area contributed by atoms with E-state index in [9.17, 15) is 0 Å². The molecule has 0 spiro atoms. The summed E-state index contributed by atoms with van der Waals surface area (Å²) in [6.45, 7) is 15.0. The molecule has 0 aliphatic heterocycles. The zero-order valence-corrected chi connectivity index (χ0v) is 17.0. The van der Waals surface area contributed by atoms with Gasteiger partial charge < -0.3 is 9.47 Å². The van der Waals surface area contributed by atoms with Gasteiger partial charge in [-0.05, 0) is 23.7 Å². The Bertz CT molecular complexity index is 786. The molecule has 0 N–H and O–H groups in total. The summed E-state index contributed by atoms with van der Waals surface area (Å²) in [5, 5.41) is 0.789. The van der Waals surface area contributed by atoms with Gasteiger partial charge in [0.15, 0.2) is 6.79 Å². The Kier molecular flexibility index (Phi) is 6.85. The average molecular weight is 395 g/mol. The van der Waals surface area contributed by atoms with Crippen molar-refractivity contribution in [1.82, 2.24) is 4.98 Å². The summed E-state index contributed by atoms with van der Waals surface area (Å²) in [7, 11) is -1.14. The molecule has 1 aromatic carbocycles. The van der Waals surface area contributed by atoms with Crippen molar-refractivity contribution in [2.24, 2.45) is 0 Å². The van der Waals surface area contributed by atoms with Crippen molar-refractivity contribution in [3.63, 3.8) is 0 Å². The summed E-state index contributed by atoms with van der Waals surface area (Å²) in [6, 6.07) is 6.17. The molecule has 132 valence electrons. The van der Waals surface area contributed by atoms with Crippen LogP contribution >= 0.6 is 23.2 Å². The third kappa shape index (κ3) is 5.72. The molecule has 0 bridgehead atoms. The standard InChI is InChI=1S/C18H20Cl2N2O2Si/c1-21-17-11-22-6-5-13(17)14-9-15(19)16(20)10-18(14)24-12-23-7-8-25(2,3)4/h5-6,9-11H,7-8,12H2,2-4H3. The van der Waals surface area contributed by atoms with Crippen LogP contribution in [0.1, 0.15) is 0 Å². The van der Waals surface area contributed by atoms with Gasteiger partial charge >= 0.3 is 0 Å². The van der Waals surface area contributed by atoms with Gasteiger partial charge in [0.2, 0.25) is 5.69 Å². The van der Waals surface area contributed by atoms with E-state index in [1.807, 2.05) is 0 Å². The number of nitrogens with zero attached hydrogens (tertiary/aromatic N) is 2. The van der Waals surface area contributed by atoms with E-state index in [-0.39, 0.29) is 6.79 Å². The van der Waals surface area contributed by atoms with Crippen LogP contribution < -0.4 is 4.74 Å². The minimum absolute atomic E-state index is 0.119. The molecular weight excluding hydrogens is 375 g/mol. The lowest BCUT2D eigenvalue weighted by Gasteiger charge is -2.17. The van der Waals surface area contributed by atoms with Crippen molar-refractivity contribution in [1.29, 1.82) is 0 Å². The van der Waals surface area contributed by atoms with Crippen molar-refractivity contribution in [2.45, 2.75) is 25.7 Å². The quantitative estimate of drug-likeness (QED) is 0.239. The lowest BCUT2D eigenvalue weighted by atomic mass is 10.0. The van der Waals surface area contributed by atoms with Crippen molar-refractivity contribution in [2.75, 3.05) is 13.4 Å². The summed E-state index contributed by atoms with van der Waals surface area (Å²) in [6.07, 6.45) is 3.14. The van der Waals surface area contributed by atoms with E-state index in [1.165, 1.54) is 6.20 Å². The van der Waals surface area contributed by atoms with Crippen LogP contribution in [-0.2, 0) is 4.74 Å². The summed E-state index contributed by atoms with van der Waals surface area (Å²) >= 11 is 12.3. The predicted octanol–water partition coefficient (Wildman–Crippen LogP) is 6.30. The van der Waals surface area contributed by atoms with E-state index in [4.69, 9.17) is 39.2 Å². The summed E-state index contributed by atoms with van der Waals surface area (Å²) in [4.78, 5) is 7.49. The second-order valence-corrected chi connectivity index (χ2v) is 13.2. The molecule has 4 nitrogen and oxygen atoms in total. The summed E-state index contributed by atoms with van der Waals surface area (Å²) < 4.78 is 11.4. The van der Waals surface area contributed by atoms with Crippen LogP contribution in [-0.4, -0.2) is 26.5 Å². The average Bonchev–Trinajstić information content (AvgIpc) is 2.56. The lowest BCUT2D eigenvalue weighted by Crippen LogP contribution is -2.22. The number of rotatable bonds is 7. The molecule has 0 aliphatic rings. The SMILES string of the molecule is [C-]#[N+]c1cnccc1-c1cc(Cl)c(Cl)cc1OCOCC[Si](C)(C)C. The molecule has 0 fully saturated rings. The molecule has 1 heterocycles. The molecule has 2 rings (SSSR count). The molecule has 0 amide bonds. The molecule has 7 heteroatoms. The maximum absolute atomic E-state index is 7.32. The van der Waals surface area contributed by atoms with Crippen molar-refractivity contribution in [3.05, 3.63) is 52.1 Å². The molecule has 2 aromatic rings. The largest absolute Gasteiger partial charge is 0.467 e. The van der Waals surface area contributed by atoms with E-state index in [2.05, 4.69) is 29.5 Å². The van der Waals surface area contributed by atoms with Gasteiger partial charge in [-0.15, -0.1) is 0 Å². The topological polar surface area (TPSA) is 35.7 Å². The fourth-order valence-corrected chi connectivity index (χ4v) is 3.18. The van der Waals surface area contributed by atoms with Crippen molar-refractivity contribution < 1.29 is 9.47 Å². The minimum atomic E-state index is -1.14. The van der Waals surface area contributed by atoms with Gasteiger partial charge in [-0.1, -0.05) is 42.8 Å². The Labute approximate surface area is 159 Å². The second kappa shape index (κ2) is 8.68. The van der Waals surface area contributed by atoms with Crippen LogP contribution in [0.25, 0.3) is 16.0 Å². The highest BCUT2D eigenvalue weighted by molar-refractivity contribution is 6.76. The molecule has 0 saturated carbocycles. The molecule has 0 unspecified atom stereocenters.